The maximum absolute atomic E-state index is 13.7. The first-order valence-electron chi connectivity index (χ1n) is 13.4. The molecule has 204 valence electrons. The van der Waals surface area contributed by atoms with Crippen molar-refractivity contribution in [2.24, 2.45) is 5.41 Å². The zero-order valence-corrected chi connectivity index (χ0v) is 21.9. The number of carbonyl (C=O) groups excluding carboxylic acids is 4. The summed E-state index contributed by atoms with van der Waals surface area (Å²) in [5.41, 5.74) is 2.65. The van der Waals surface area contributed by atoms with E-state index in [0.717, 1.165) is 29.3 Å². The third-order valence-corrected chi connectivity index (χ3v) is 7.92. The first kappa shape index (κ1) is 25.5. The molecule has 2 aliphatic rings. The number of aromatic nitrogens is 3. The van der Waals surface area contributed by atoms with Gasteiger partial charge >= 0.3 is 0 Å². The Morgan fingerprint density at radius 3 is 2.52 bits per heavy atom. The highest BCUT2D eigenvalue weighted by Gasteiger charge is 2.55. The molecule has 1 saturated heterocycles. The molecule has 0 unspecified atom stereocenters. The van der Waals surface area contributed by atoms with E-state index >= 15 is 0 Å². The van der Waals surface area contributed by atoms with Crippen molar-refractivity contribution < 1.29 is 19.2 Å². The van der Waals surface area contributed by atoms with Crippen molar-refractivity contribution in [3.05, 3.63) is 89.9 Å². The van der Waals surface area contributed by atoms with Gasteiger partial charge in [-0.25, -0.2) is 0 Å². The van der Waals surface area contributed by atoms with Crippen LogP contribution in [0.15, 0.2) is 72.9 Å². The summed E-state index contributed by atoms with van der Waals surface area (Å²) in [5.74, 6) is -2.24. The number of rotatable bonds is 9. The van der Waals surface area contributed by atoms with E-state index in [1.54, 1.807) is 23.2 Å². The average Bonchev–Trinajstić information content (AvgIpc) is 3.33. The molecule has 0 bridgehead atoms. The summed E-state index contributed by atoms with van der Waals surface area (Å²) in [6.45, 7) is 0.671. The molecule has 2 atom stereocenters. The molecule has 40 heavy (non-hydrogen) atoms. The molecule has 2 fully saturated rings. The van der Waals surface area contributed by atoms with E-state index < -0.39 is 29.7 Å². The van der Waals surface area contributed by atoms with E-state index in [-0.39, 0.29) is 24.3 Å². The Kier molecular flexibility index (Phi) is 6.67. The summed E-state index contributed by atoms with van der Waals surface area (Å²) in [7, 11) is 0. The number of fused-ring (bicyclic) bond motifs is 1. The largest absolute Gasteiger partial charge is 0.351 e. The number of ketones is 1. The lowest BCUT2D eigenvalue weighted by atomic mass is 10.0. The third-order valence-electron chi connectivity index (χ3n) is 7.92. The molecular weight excluding hydrogens is 508 g/mol. The summed E-state index contributed by atoms with van der Waals surface area (Å²) >= 11 is 0. The van der Waals surface area contributed by atoms with Crippen LogP contribution in [0.5, 0.6) is 0 Å². The minimum Gasteiger partial charge on any atom is -0.351 e. The summed E-state index contributed by atoms with van der Waals surface area (Å²) in [4.78, 5) is 58.2. The molecule has 4 N–H and O–H groups in total. The Balaban J connectivity index is 1.19. The molecule has 1 saturated carbocycles. The highest BCUT2D eigenvalue weighted by Crippen LogP contribution is 2.55. The molecule has 10 heteroatoms. The fourth-order valence-corrected chi connectivity index (χ4v) is 5.51. The van der Waals surface area contributed by atoms with Gasteiger partial charge in [-0.05, 0) is 48.4 Å². The second-order valence-electron chi connectivity index (χ2n) is 10.8. The number of nitrogens with zero attached hydrogens (tertiary/aromatic N) is 2. The Morgan fingerprint density at radius 2 is 1.80 bits per heavy atom. The highest BCUT2D eigenvalue weighted by molar-refractivity contribution is 6.38. The highest BCUT2D eigenvalue weighted by atomic mass is 16.2. The third kappa shape index (κ3) is 5.25. The normalized spacial score (nSPS) is 18.0. The lowest BCUT2D eigenvalue weighted by Gasteiger charge is -2.25. The smallest absolute Gasteiger partial charge is 0.289 e. The van der Waals surface area contributed by atoms with Crippen molar-refractivity contribution in [1.82, 2.24) is 30.7 Å². The van der Waals surface area contributed by atoms with E-state index in [4.69, 9.17) is 0 Å². The maximum Gasteiger partial charge on any atom is 0.289 e. The van der Waals surface area contributed by atoms with Crippen LogP contribution in [-0.2, 0) is 27.3 Å². The quantitative estimate of drug-likeness (QED) is 0.243. The summed E-state index contributed by atoms with van der Waals surface area (Å²) in [5, 5.41) is 13.1. The summed E-state index contributed by atoms with van der Waals surface area (Å²) in [6, 6.07) is 18.5. The van der Waals surface area contributed by atoms with Crippen LogP contribution in [0.2, 0.25) is 0 Å². The molecule has 2 aromatic carbocycles. The number of nitrogens with one attached hydrogen (secondary N) is 4. The van der Waals surface area contributed by atoms with Crippen molar-refractivity contribution >= 4 is 34.4 Å². The molecule has 1 aliphatic heterocycles. The minimum absolute atomic E-state index is 0.0666. The lowest BCUT2D eigenvalue weighted by molar-refractivity contribution is -0.140. The number of Topliss-reactive ketones (excluding diaryl/α,β-unsaturated/α-hetero) is 1. The number of amides is 3. The molecule has 1 aliphatic carbocycles. The second kappa shape index (κ2) is 10.4. The van der Waals surface area contributed by atoms with Gasteiger partial charge in [-0.15, -0.1) is 0 Å². The van der Waals surface area contributed by atoms with Crippen LogP contribution in [-0.4, -0.2) is 62.2 Å². The van der Waals surface area contributed by atoms with Gasteiger partial charge < -0.3 is 20.5 Å². The van der Waals surface area contributed by atoms with Gasteiger partial charge in [0.05, 0.1) is 0 Å². The van der Waals surface area contributed by atoms with Gasteiger partial charge in [0.15, 0.2) is 0 Å². The van der Waals surface area contributed by atoms with Crippen LogP contribution in [0.4, 0.5) is 0 Å². The van der Waals surface area contributed by atoms with Gasteiger partial charge in [0.1, 0.15) is 17.8 Å². The molecule has 3 heterocycles. The van der Waals surface area contributed by atoms with Gasteiger partial charge in [-0.3, -0.25) is 24.3 Å². The van der Waals surface area contributed by atoms with Crippen LogP contribution < -0.4 is 10.6 Å². The molecular formula is C30H30N6O4. The van der Waals surface area contributed by atoms with Crippen LogP contribution in [0.25, 0.3) is 10.9 Å². The first-order chi connectivity index (χ1) is 19.4. The van der Waals surface area contributed by atoms with E-state index in [1.807, 2.05) is 54.6 Å². The first-order valence-corrected chi connectivity index (χ1v) is 13.4. The number of H-pyrrole nitrogens is 2. The number of hydrogen-bond donors (Lipinski definition) is 4. The Hall–Kier alpha value is -4.73. The van der Waals surface area contributed by atoms with E-state index in [2.05, 4.69) is 25.8 Å². The van der Waals surface area contributed by atoms with Gasteiger partial charge in [-0.1, -0.05) is 48.5 Å². The molecule has 10 nitrogen and oxygen atoms in total. The topological polar surface area (TPSA) is 140 Å². The summed E-state index contributed by atoms with van der Waals surface area (Å²) in [6.07, 6.45) is 4.03. The number of hydrogen-bond acceptors (Lipinski definition) is 5. The molecule has 2 aromatic heterocycles. The van der Waals surface area contributed by atoms with Crippen molar-refractivity contribution in [2.45, 2.75) is 44.3 Å². The van der Waals surface area contributed by atoms with Gasteiger partial charge in [0.2, 0.25) is 11.7 Å². The van der Waals surface area contributed by atoms with Crippen LogP contribution in [0, 0.1) is 5.41 Å². The van der Waals surface area contributed by atoms with Crippen molar-refractivity contribution in [3.8, 4) is 0 Å². The molecule has 1 spiro atoms. The van der Waals surface area contributed by atoms with Crippen LogP contribution in [0.1, 0.15) is 41.0 Å². The van der Waals surface area contributed by atoms with E-state index in [1.165, 1.54) is 0 Å². The fourth-order valence-electron chi connectivity index (χ4n) is 5.51. The second-order valence-corrected chi connectivity index (χ2v) is 10.8. The van der Waals surface area contributed by atoms with Crippen molar-refractivity contribution in [1.29, 1.82) is 0 Å². The van der Waals surface area contributed by atoms with Gasteiger partial charge in [0.25, 0.3) is 11.8 Å². The minimum atomic E-state index is -1.12. The van der Waals surface area contributed by atoms with Crippen LogP contribution >= 0.6 is 0 Å². The average molecular weight is 539 g/mol. The zero-order chi connectivity index (χ0) is 27.7. The Bertz CT molecular complexity index is 1520. The zero-order valence-electron chi connectivity index (χ0n) is 21.9. The SMILES string of the molecule is O=C(NCc1ccccc1)C(=O)[C@H](Cc1ccn[nH]1)NC(=O)[C@@H]1CC2(CC2)CN1C(=O)c1cc2ccccc2[nH]1. The molecule has 0 radical (unpaired) electrons. The predicted octanol–water partition coefficient (Wildman–Crippen LogP) is 2.50. The Labute approximate surface area is 230 Å². The van der Waals surface area contributed by atoms with Gasteiger partial charge in [-0.2, -0.15) is 5.10 Å². The predicted molar refractivity (Wildman–Crippen MR) is 147 cm³/mol. The van der Waals surface area contributed by atoms with Crippen LogP contribution in [0.3, 0.4) is 0 Å². The molecule has 3 amide bonds. The van der Waals surface area contributed by atoms with Crippen molar-refractivity contribution in [3.63, 3.8) is 0 Å². The van der Waals surface area contributed by atoms with E-state index in [0.29, 0.717) is 24.4 Å². The maximum atomic E-state index is 13.7. The fraction of sp³-hybridized carbons (Fsp3) is 0.300. The van der Waals surface area contributed by atoms with E-state index in [9.17, 15) is 19.2 Å². The number of likely N-dealkylation sites (tertiary alicyclic amines) is 1. The van der Waals surface area contributed by atoms with Gasteiger partial charge in [0, 0.05) is 42.3 Å². The number of benzene rings is 2. The number of carbonyl (C=O) groups is 4. The molecule has 6 rings (SSSR count). The lowest BCUT2D eigenvalue weighted by Crippen LogP contribution is -2.54. The number of aromatic amines is 2. The number of para-hydroxylation sites is 1. The van der Waals surface area contributed by atoms with Crippen molar-refractivity contribution in [2.75, 3.05) is 6.54 Å². The monoisotopic (exact) mass is 538 g/mol. The molecule has 4 aromatic rings. The standard InChI is InChI=1S/C30H30N6O4/c37-26(28(39)31-17-19-6-2-1-3-7-19)23(15-21-10-13-32-35-21)34-27(38)25-16-30(11-12-30)18-36(25)29(40)24-14-20-8-4-5-9-22(20)33-24/h1-10,13-14,23,25,33H,11-12,15-18H2,(H,31,39)(H,32,35)(H,34,38)/t23-,25-/m0/s1. The Morgan fingerprint density at radius 1 is 1.02 bits per heavy atom. The summed E-state index contributed by atoms with van der Waals surface area (Å²) < 4.78 is 0.